The van der Waals surface area contributed by atoms with Crippen LogP contribution in [0.2, 0.25) is 0 Å². The third kappa shape index (κ3) is 4.12. The number of benzene rings is 1. The molecule has 1 atom stereocenters. The molecule has 2 aromatic rings. The normalized spacial score (nSPS) is 20.7. The van der Waals surface area contributed by atoms with Crippen molar-refractivity contribution in [1.82, 2.24) is 10.2 Å². The molecule has 1 saturated heterocycles. The number of nitrogens with zero attached hydrogens (tertiary/aromatic N) is 1. The highest BCUT2D eigenvalue weighted by molar-refractivity contribution is 7.07. The Hall–Kier alpha value is -1.40. The molecule has 4 nitrogen and oxygen atoms in total. The van der Waals surface area contributed by atoms with Crippen molar-refractivity contribution < 1.29 is 4.79 Å². The molecule has 2 aliphatic rings. The van der Waals surface area contributed by atoms with Crippen LogP contribution in [0.1, 0.15) is 40.7 Å². The summed E-state index contributed by atoms with van der Waals surface area (Å²) in [7, 11) is 0. The number of carbonyl (C=O) groups is 1. The summed E-state index contributed by atoms with van der Waals surface area (Å²) in [5.41, 5.74) is 9.10. The first kappa shape index (κ1) is 19.4. The molecule has 140 valence electrons. The Morgan fingerprint density at radius 1 is 1.23 bits per heavy atom. The van der Waals surface area contributed by atoms with Crippen LogP contribution in [0, 0.1) is 5.41 Å². The van der Waals surface area contributed by atoms with Gasteiger partial charge in [0.2, 0.25) is 5.91 Å². The third-order valence-electron chi connectivity index (χ3n) is 5.75. The largest absolute Gasteiger partial charge is 0.366 e. The molecule has 0 radical (unpaired) electrons. The zero-order chi connectivity index (χ0) is 17.3. The van der Waals surface area contributed by atoms with Crippen LogP contribution >= 0.6 is 23.7 Å². The van der Waals surface area contributed by atoms with Gasteiger partial charge in [-0.2, -0.15) is 11.3 Å². The van der Waals surface area contributed by atoms with Gasteiger partial charge in [0.05, 0.1) is 0 Å². The Kier molecular flexibility index (Phi) is 6.03. The summed E-state index contributed by atoms with van der Waals surface area (Å²) >= 11 is 1.76. The van der Waals surface area contributed by atoms with Crippen molar-refractivity contribution in [2.45, 2.75) is 38.4 Å². The molecule has 1 aliphatic heterocycles. The number of hydrogen-bond acceptors (Lipinski definition) is 4. The molecule has 4 rings (SSSR count). The highest BCUT2D eigenvalue weighted by Crippen LogP contribution is 2.56. The molecular formula is C20H26ClN3OS. The molecule has 3 N–H and O–H groups in total. The van der Waals surface area contributed by atoms with E-state index in [1.165, 1.54) is 30.4 Å². The van der Waals surface area contributed by atoms with E-state index < -0.39 is 0 Å². The number of rotatable bonds is 6. The first-order valence-corrected chi connectivity index (χ1v) is 9.95. The fourth-order valence-electron chi connectivity index (χ4n) is 4.26. The third-order valence-corrected chi connectivity index (χ3v) is 6.48. The van der Waals surface area contributed by atoms with Gasteiger partial charge in [0.1, 0.15) is 0 Å². The van der Waals surface area contributed by atoms with E-state index in [-0.39, 0.29) is 18.3 Å². The van der Waals surface area contributed by atoms with E-state index >= 15 is 0 Å². The number of amides is 1. The monoisotopic (exact) mass is 391 g/mol. The topological polar surface area (TPSA) is 58.4 Å². The Morgan fingerprint density at radius 3 is 2.69 bits per heavy atom. The lowest BCUT2D eigenvalue weighted by molar-refractivity contribution is 0.1000. The van der Waals surface area contributed by atoms with E-state index in [0.29, 0.717) is 17.0 Å². The predicted octanol–water partition coefficient (Wildman–Crippen LogP) is 3.41. The smallest absolute Gasteiger partial charge is 0.248 e. The molecule has 1 spiro atoms. The van der Waals surface area contributed by atoms with Crippen molar-refractivity contribution >= 4 is 29.7 Å². The predicted molar refractivity (Wildman–Crippen MR) is 109 cm³/mol. The number of piperidine rings is 1. The molecule has 6 heteroatoms. The van der Waals surface area contributed by atoms with Crippen LogP contribution in [0.5, 0.6) is 0 Å². The lowest BCUT2D eigenvalue weighted by Gasteiger charge is -2.29. The number of nitrogens with one attached hydrogen (secondary N) is 1. The molecule has 2 heterocycles. The van der Waals surface area contributed by atoms with Gasteiger partial charge in [0.15, 0.2) is 0 Å². The summed E-state index contributed by atoms with van der Waals surface area (Å²) in [6, 6.07) is 10.6. The fraction of sp³-hybridized carbons (Fsp3) is 0.450. The summed E-state index contributed by atoms with van der Waals surface area (Å²) in [4.78, 5) is 14.1. The van der Waals surface area contributed by atoms with Crippen molar-refractivity contribution in [3.8, 4) is 0 Å². The van der Waals surface area contributed by atoms with Crippen LogP contribution in [0.4, 0.5) is 0 Å². The van der Waals surface area contributed by atoms with E-state index in [9.17, 15) is 4.79 Å². The standard InChI is InChI=1S/C20H25N3OS.ClH/c21-19(24)17-3-1-2-15(10-17)12-23(13-16-4-9-25-14-16)18-11-20(18)5-7-22-8-6-20;/h1-4,9-10,14,18,22H,5-8,11-13H2,(H2,21,24);1H. The molecule has 26 heavy (non-hydrogen) atoms. The second-order valence-electron chi connectivity index (χ2n) is 7.43. The lowest BCUT2D eigenvalue weighted by atomic mass is 9.93. The SMILES string of the molecule is Cl.NC(=O)c1cccc(CN(Cc2ccsc2)C2CC23CCNCC3)c1. The van der Waals surface area contributed by atoms with Crippen LogP contribution < -0.4 is 11.1 Å². The van der Waals surface area contributed by atoms with Crippen molar-refractivity contribution in [1.29, 1.82) is 0 Å². The minimum atomic E-state index is -0.354. The minimum absolute atomic E-state index is 0. The molecular weight excluding hydrogens is 366 g/mol. The van der Waals surface area contributed by atoms with Gasteiger partial charge in [-0.05, 0) is 77.9 Å². The molecule has 2 fully saturated rings. The summed E-state index contributed by atoms with van der Waals surface area (Å²) in [5, 5.41) is 7.87. The van der Waals surface area contributed by atoms with Gasteiger partial charge in [-0.15, -0.1) is 12.4 Å². The maximum absolute atomic E-state index is 11.5. The van der Waals surface area contributed by atoms with Crippen LogP contribution in [0.15, 0.2) is 41.1 Å². The average Bonchev–Trinajstić information content (AvgIpc) is 3.05. The van der Waals surface area contributed by atoms with E-state index in [0.717, 1.165) is 26.2 Å². The Morgan fingerprint density at radius 2 is 2.00 bits per heavy atom. The molecule has 1 unspecified atom stereocenters. The number of halogens is 1. The van der Waals surface area contributed by atoms with Gasteiger partial charge in [-0.1, -0.05) is 12.1 Å². The van der Waals surface area contributed by atoms with Gasteiger partial charge in [0.25, 0.3) is 0 Å². The number of nitrogens with two attached hydrogens (primary N) is 1. The maximum atomic E-state index is 11.5. The van der Waals surface area contributed by atoms with E-state index in [4.69, 9.17) is 5.73 Å². The van der Waals surface area contributed by atoms with Gasteiger partial charge < -0.3 is 11.1 Å². The number of thiophene rings is 1. The number of hydrogen-bond donors (Lipinski definition) is 2. The quantitative estimate of drug-likeness (QED) is 0.793. The second-order valence-corrected chi connectivity index (χ2v) is 8.21. The number of primary amides is 1. The summed E-state index contributed by atoms with van der Waals surface area (Å²) in [6.07, 6.45) is 3.85. The Bertz CT molecular complexity index is 743. The Labute approximate surface area is 165 Å². The van der Waals surface area contributed by atoms with E-state index in [1.807, 2.05) is 12.1 Å². The van der Waals surface area contributed by atoms with Gasteiger partial charge in [0, 0.05) is 24.7 Å². The Balaban J connectivity index is 0.00000196. The average molecular weight is 392 g/mol. The van der Waals surface area contributed by atoms with Crippen molar-refractivity contribution in [3.05, 3.63) is 57.8 Å². The van der Waals surface area contributed by atoms with Gasteiger partial charge in [-0.3, -0.25) is 9.69 Å². The molecule has 1 aliphatic carbocycles. The van der Waals surface area contributed by atoms with Crippen LogP contribution in [-0.4, -0.2) is 29.9 Å². The highest BCUT2D eigenvalue weighted by Gasteiger charge is 2.56. The first-order chi connectivity index (χ1) is 12.2. The maximum Gasteiger partial charge on any atom is 0.248 e. The molecule has 1 amide bonds. The summed E-state index contributed by atoms with van der Waals surface area (Å²) in [5.74, 6) is -0.354. The van der Waals surface area contributed by atoms with Crippen LogP contribution in [0.25, 0.3) is 0 Å². The second kappa shape index (κ2) is 8.09. The molecule has 1 saturated carbocycles. The van der Waals surface area contributed by atoms with Crippen LogP contribution in [0.3, 0.4) is 0 Å². The molecule has 1 aromatic heterocycles. The lowest BCUT2D eigenvalue weighted by Crippen LogP contribution is -2.35. The minimum Gasteiger partial charge on any atom is -0.366 e. The zero-order valence-corrected chi connectivity index (χ0v) is 16.5. The van der Waals surface area contributed by atoms with Crippen molar-refractivity contribution in [2.75, 3.05) is 13.1 Å². The first-order valence-electron chi connectivity index (χ1n) is 9.01. The summed E-state index contributed by atoms with van der Waals surface area (Å²) in [6.45, 7) is 4.13. The van der Waals surface area contributed by atoms with E-state index in [2.05, 4.69) is 33.1 Å². The van der Waals surface area contributed by atoms with Crippen LogP contribution in [-0.2, 0) is 13.1 Å². The molecule has 1 aromatic carbocycles. The van der Waals surface area contributed by atoms with Gasteiger partial charge in [-0.25, -0.2) is 0 Å². The number of carbonyl (C=O) groups excluding carboxylic acids is 1. The summed E-state index contributed by atoms with van der Waals surface area (Å²) < 4.78 is 0. The van der Waals surface area contributed by atoms with Gasteiger partial charge >= 0.3 is 0 Å². The zero-order valence-electron chi connectivity index (χ0n) is 14.8. The van der Waals surface area contributed by atoms with Crippen molar-refractivity contribution in [3.63, 3.8) is 0 Å². The molecule has 0 bridgehead atoms. The fourth-order valence-corrected chi connectivity index (χ4v) is 4.92. The highest BCUT2D eigenvalue weighted by atomic mass is 35.5. The van der Waals surface area contributed by atoms with Crippen molar-refractivity contribution in [2.24, 2.45) is 11.1 Å². The van der Waals surface area contributed by atoms with E-state index in [1.54, 1.807) is 17.4 Å².